The molecule has 1 aliphatic heterocycles. The number of carbonyl (C=O) groups is 1. The molecule has 116 valence electrons. The minimum Gasteiger partial charge on any atom is -0.330 e. The van der Waals surface area contributed by atoms with Crippen molar-refractivity contribution in [1.29, 1.82) is 0 Å². The molecule has 2 rings (SSSR count). The Balaban J connectivity index is 2.21. The van der Waals surface area contributed by atoms with Crippen molar-refractivity contribution < 1.29 is 4.79 Å². The second kappa shape index (κ2) is 6.73. The molecule has 0 saturated heterocycles. The van der Waals surface area contributed by atoms with Gasteiger partial charge in [0, 0.05) is 30.6 Å². The highest BCUT2D eigenvalue weighted by Crippen LogP contribution is 2.26. The van der Waals surface area contributed by atoms with Crippen molar-refractivity contribution in [2.24, 2.45) is 0 Å². The van der Waals surface area contributed by atoms with E-state index in [0.29, 0.717) is 13.1 Å². The van der Waals surface area contributed by atoms with Gasteiger partial charge in [0.1, 0.15) is 0 Å². The maximum Gasteiger partial charge on any atom is 0.254 e. The van der Waals surface area contributed by atoms with Crippen LogP contribution in [0.15, 0.2) is 47.7 Å². The first-order valence-electron chi connectivity index (χ1n) is 7.73. The summed E-state index contributed by atoms with van der Waals surface area (Å²) in [5, 5.41) is 0. The Labute approximate surface area is 133 Å². The molecule has 0 N–H and O–H groups in total. The van der Waals surface area contributed by atoms with Gasteiger partial charge in [0.15, 0.2) is 0 Å². The number of carbonyl (C=O) groups excluding carboxylic acids is 1. The molecule has 0 aromatic carbocycles. The molecule has 0 radical (unpaired) electrons. The highest BCUT2D eigenvalue weighted by molar-refractivity contribution is 6.00. The van der Waals surface area contributed by atoms with E-state index in [1.807, 2.05) is 37.1 Å². The van der Waals surface area contributed by atoms with E-state index in [1.54, 1.807) is 0 Å². The predicted molar refractivity (Wildman–Crippen MR) is 90.4 cm³/mol. The molecule has 3 nitrogen and oxygen atoms in total. The van der Waals surface area contributed by atoms with Gasteiger partial charge < -0.3 is 4.90 Å². The second-order valence-electron chi connectivity index (χ2n) is 5.79. The molecule has 1 aromatic heterocycles. The Hall–Kier alpha value is -2.16. The number of amides is 1. The maximum atomic E-state index is 12.6. The molecule has 22 heavy (non-hydrogen) atoms. The minimum absolute atomic E-state index is 0.0771. The predicted octanol–water partition coefficient (Wildman–Crippen LogP) is 3.74. The summed E-state index contributed by atoms with van der Waals surface area (Å²) in [6, 6.07) is 2.13. The second-order valence-corrected chi connectivity index (χ2v) is 5.79. The van der Waals surface area contributed by atoms with Crippen molar-refractivity contribution in [3.63, 3.8) is 0 Å². The molecule has 0 fully saturated rings. The highest BCUT2D eigenvalue weighted by Gasteiger charge is 2.28. The Morgan fingerprint density at radius 1 is 1.50 bits per heavy atom. The zero-order valence-electron chi connectivity index (χ0n) is 13.9. The molecular formula is C19H24N2O. The van der Waals surface area contributed by atoms with Crippen molar-refractivity contribution in [1.82, 2.24) is 9.88 Å². The van der Waals surface area contributed by atoms with E-state index in [-0.39, 0.29) is 5.91 Å². The van der Waals surface area contributed by atoms with E-state index in [1.165, 1.54) is 5.56 Å². The number of aromatic nitrogens is 1. The van der Waals surface area contributed by atoms with Crippen LogP contribution in [-0.2, 0) is 17.8 Å². The Morgan fingerprint density at radius 2 is 2.23 bits per heavy atom. The lowest BCUT2D eigenvalue weighted by Gasteiger charge is -2.17. The van der Waals surface area contributed by atoms with Gasteiger partial charge in [0.25, 0.3) is 5.91 Å². The molecule has 0 bridgehead atoms. The summed E-state index contributed by atoms with van der Waals surface area (Å²) in [5.41, 5.74) is 6.15. The lowest BCUT2D eigenvalue weighted by Crippen LogP contribution is -2.26. The summed E-state index contributed by atoms with van der Waals surface area (Å²) in [6.45, 7) is 13.3. The van der Waals surface area contributed by atoms with Crippen LogP contribution in [0.1, 0.15) is 37.6 Å². The van der Waals surface area contributed by atoms with Gasteiger partial charge in [-0.05, 0) is 43.9 Å². The van der Waals surface area contributed by atoms with Crippen LogP contribution in [0.4, 0.5) is 0 Å². The third-order valence-corrected chi connectivity index (χ3v) is 3.99. The topological polar surface area (TPSA) is 33.2 Å². The van der Waals surface area contributed by atoms with E-state index < -0.39 is 0 Å². The summed E-state index contributed by atoms with van der Waals surface area (Å²) in [7, 11) is 0. The van der Waals surface area contributed by atoms with Crippen LogP contribution in [0.25, 0.3) is 0 Å². The van der Waals surface area contributed by atoms with Gasteiger partial charge in [-0.25, -0.2) is 0 Å². The number of hydrogen-bond acceptors (Lipinski definition) is 2. The van der Waals surface area contributed by atoms with Crippen molar-refractivity contribution in [3.8, 4) is 0 Å². The number of aryl methyl sites for hydroxylation is 2. The monoisotopic (exact) mass is 296 g/mol. The smallest absolute Gasteiger partial charge is 0.254 e. The van der Waals surface area contributed by atoms with Crippen LogP contribution >= 0.6 is 0 Å². The fourth-order valence-electron chi connectivity index (χ4n) is 2.82. The van der Waals surface area contributed by atoms with Gasteiger partial charge in [-0.2, -0.15) is 0 Å². The van der Waals surface area contributed by atoms with Gasteiger partial charge in [0.05, 0.1) is 0 Å². The lowest BCUT2D eigenvalue weighted by atomic mass is 10.1. The van der Waals surface area contributed by atoms with Crippen molar-refractivity contribution in [2.75, 3.05) is 6.54 Å². The first-order valence-corrected chi connectivity index (χ1v) is 7.73. The van der Waals surface area contributed by atoms with E-state index in [4.69, 9.17) is 0 Å². The average molecular weight is 296 g/mol. The standard InChI is InChI=1S/C19H24N2O/c1-6-8-16-17(13(3)4)12-21(19(16)22)11-15-9-14(5)18(7-2)20-10-15/h6,8-10H,3,7,11-12H2,1-2,4-5H3/b8-6-. The van der Waals surface area contributed by atoms with Gasteiger partial charge in [-0.15, -0.1) is 0 Å². The molecule has 1 aromatic rings. The van der Waals surface area contributed by atoms with Crippen LogP contribution in [0.5, 0.6) is 0 Å². The van der Waals surface area contributed by atoms with Crippen molar-refractivity contribution in [3.05, 3.63) is 64.5 Å². The van der Waals surface area contributed by atoms with Gasteiger partial charge in [-0.1, -0.05) is 37.3 Å². The van der Waals surface area contributed by atoms with Crippen molar-refractivity contribution in [2.45, 2.75) is 40.7 Å². The van der Waals surface area contributed by atoms with E-state index in [2.05, 4.69) is 31.5 Å². The molecule has 2 heterocycles. The summed E-state index contributed by atoms with van der Waals surface area (Å²) in [4.78, 5) is 18.9. The number of rotatable bonds is 5. The van der Waals surface area contributed by atoms with Crippen LogP contribution in [0.2, 0.25) is 0 Å². The SMILES string of the molecule is C=C(C)C1=C(/C=C\C)C(=O)N(Cc2cnc(CC)c(C)c2)C1. The number of pyridine rings is 1. The molecule has 0 spiro atoms. The third kappa shape index (κ3) is 3.19. The van der Waals surface area contributed by atoms with Gasteiger partial charge in [-0.3, -0.25) is 9.78 Å². The first kappa shape index (κ1) is 16.2. The van der Waals surface area contributed by atoms with Crippen LogP contribution in [-0.4, -0.2) is 22.3 Å². The maximum absolute atomic E-state index is 12.6. The van der Waals surface area contributed by atoms with E-state index in [9.17, 15) is 4.79 Å². The fourth-order valence-corrected chi connectivity index (χ4v) is 2.82. The average Bonchev–Trinajstić information content (AvgIpc) is 2.77. The number of nitrogens with zero attached hydrogens (tertiary/aromatic N) is 2. The van der Waals surface area contributed by atoms with E-state index in [0.717, 1.165) is 34.4 Å². The summed E-state index contributed by atoms with van der Waals surface area (Å²) >= 11 is 0. The molecule has 3 heteroatoms. The number of allylic oxidation sites excluding steroid dienone is 1. The van der Waals surface area contributed by atoms with Gasteiger partial charge in [0.2, 0.25) is 0 Å². The zero-order chi connectivity index (χ0) is 16.3. The minimum atomic E-state index is 0.0771. The zero-order valence-corrected chi connectivity index (χ0v) is 13.9. The quantitative estimate of drug-likeness (QED) is 0.829. The lowest BCUT2D eigenvalue weighted by molar-refractivity contribution is -0.125. The van der Waals surface area contributed by atoms with Crippen LogP contribution in [0.3, 0.4) is 0 Å². The van der Waals surface area contributed by atoms with Crippen molar-refractivity contribution >= 4 is 5.91 Å². The van der Waals surface area contributed by atoms with E-state index >= 15 is 0 Å². The summed E-state index contributed by atoms with van der Waals surface area (Å²) < 4.78 is 0. The summed E-state index contributed by atoms with van der Waals surface area (Å²) in [5.74, 6) is 0.0771. The molecule has 1 amide bonds. The summed E-state index contributed by atoms with van der Waals surface area (Å²) in [6.07, 6.45) is 6.60. The molecule has 0 unspecified atom stereocenters. The Bertz CT molecular complexity index is 668. The molecule has 0 aliphatic carbocycles. The number of hydrogen-bond donors (Lipinski definition) is 0. The van der Waals surface area contributed by atoms with Gasteiger partial charge >= 0.3 is 0 Å². The highest BCUT2D eigenvalue weighted by atomic mass is 16.2. The molecule has 1 aliphatic rings. The first-order chi connectivity index (χ1) is 10.5. The molecule has 0 atom stereocenters. The normalized spacial score (nSPS) is 15.3. The largest absolute Gasteiger partial charge is 0.330 e. The van der Waals surface area contributed by atoms with Crippen LogP contribution < -0.4 is 0 Å². The fraction of sp³-hybridized carbons (Fsp3) is 0.368. The Morgan fingerprint density at radius 3 is 2.77 bits per heavy atom. The molecular weight excluding hydrogens is 272 g/mol. The third-order valence-electron chi connectivity index (χ3n) is 3.99. The molecule has 0 saturated carbocycles. The Kier molecular flexibility index (Phi) is 4.96. The van der Waals surface area contributed by atoms with Crippen LogP contribution in [0, 0.1) is 6.92 Å².